The molecule has 1 aromatic carbocycles. The average molecular weight is 414 g/mol. The van der Waals surface area contributed by atoms with Crippen molar-refractivity contribution in [2.75, 3.05) is 46.4 Å². The Morgan fingerprint density at radius 3 is 2.10 bits per heavy atom. The van der Waals surface area contributed by atoms with Crippen molar-refractivity contribution in [2.24, 2.45) is 4.99 Å². The summed E-state index contributed by atoms with van der Waals surface area (Å²) >= 11 is 0. The van der Waals surface area contributed by atoms with Crippen LogP contribution >= 0.6 is 0 Å². The van der Waals surface area contributed by atoms with Gasteiger partial charge in [-0.3, -0.25) is 4.99 Å². The molecule has 1 aliphatic rings. The molecule has 0 amide bonds. The molecule has 0 unspecified atom stereocenters. The van der Waals surface area contributed by atoms with Crippen LogP contribution in [0.25, 0.3) is 0 Å². The van der Waals surface area contributed by atoms with Crippen molar-refractivity contribution in [3.8, 4) is 17.2 Å². The lowest BCUT2D eigenvalue weighted by Crippen LogP contribution is -2.36. The van der Waals surface area contributed by atoms with Crippen LogP contribution in [-0.4, -0.2) is 52.4 Å². The van der Waals surface area contributed by atoms with E-state index in [0.717, 1.165) is 30.0 Å². The summed E-state index contributed by atoms with van der Waals surface area (Å²) in [7, 11) is 6.56. The number of benzene rings is 1. The Bertz CT molecular complexity index is 823. The molecule has 8 heteroatoms. The minimum absolute atomic E-state index is 0.558. The number of hydrogen-bond acceptors (Lipinski definition) is 6. The number of aromatic nitrogens is 1. The van der Waals surface area contributed by atoms with Crippen LogP contribution in [-0.2, 0) is 13.1 Å². The normalized spacial score (nSPS) is 13.9. The highest BCUT2D eigenvalue weighted by atomic mass is 16.5. The fourth-order valence-electron chi connectivity index (χ4n) is 3.48. The quantitative estimate of drug-likeness (QED) is 0.509. The third-order valence-corrected chi connectivity index (χ3v) is 5.11. The van der Waals surface area contributed by atoms with E-state index >= 15 is 0 Å². The van der Waals surface area contributed by atoms with Gasteiger partial charge in [0.05, 0.1) is 21.3 Å². The van der Waals surface area contributed by atoms with E-state index in [2.05, 4.69) is 37.6 Å². The summed E-state index contributed by atoms with van der Waals surface area (Å²) in [5, 5.41) is 6.63. The van der Waals surface area contributed by atoms with Crippen LogP contribution in [0.1, 0.15) is 24.0 Å². The minimum atomic E-state index is 0.558. The SMILES string of the molecule is CN=C(NCc1ccc(N2CCCC2)nc1)NCc1cc(OC)c(OC)c(OC)c1. The molecular formula is C22H31N5O3. The third kappa shape index (κ3) is 5.25. The monoisotopic (exact) mass is 413 g/mol. The van der Waals surface area contributed by atoms with Gasteiger partial charge in [-0.2, -0.15) is 0 Å². The highest BCUT2D eigenvalue weighted by Crippen LogP contribution is 2.38. The zero-order valence-electron chi connectivity index (χ0n) is 18.2. The summed E-state index contributed by atoms with van der Waals surface area (Å²) in [4.78, 5) is 11.2. The van der Waals surface area contributed by atoms with Gasteiger partial charge in [0.2, 0.25) is 5.75 Å². The molecular weight excluding hydrogens is 382 g/mol. The first-order valence-electron chi connectivity index (χ1n) is 10.1. The molecule has 1 fully saturated rings. The van der Waals surface area contributed by atoms with Crippen molar-refractivity contribution in [1.29, 1.82) is 0 Å². The Hall–Kier alpha value is -3.16. The molecule has 0 bridgehead atoms. The summed E-state index contributed by atoms with van der Waals surface area (Å²) in [6.45, 7) is 3.40. The summed E-state index contributed by atoms with van der Waals surface area (Å²) in [6.07, 6.45) is 4.42. The molecule has 1 aliphatic heterocycles. The lowest BCUT2D eigenvalue weighted by molar-refractivity contribution is 0.323. The van der Waals surface area contributed by atoms with Gasteiger partial charge in [0.25, 0.3) is 0 Å². The number of anilines is 1. The molecule has 0 spiro atoms. The van der Waals surface area contributed by atoms with Crippen molar-refractivity contribution < 1.29 is 14.2 Å². The second-order valence-electron chi connectivity index (χ2n) is 7.03. The van der Waals surface area contributed by atoms with Crippen molar-refractivity contribution in [1.82, 2.24) is 15.6 Å². The Kier molecular flexibility index (Phi) is 7.59. The second-order valence-corrected chi connectivity index (χ2v) is 7.03. The maximum atomic E-state index is 5.42. The van der Waals surface area contributed by atoms with Crippen LogP contribution in [0.3, 0.4) is 0 Å². The van der Waals surface area contributed by atoms with E-state index in [1.165, 1.54) is 12.8 Å². The molecule has 0 atom stereocenters. The number of rotatable bonds is 8. The predicted octanol–water partition coefficient (Wildman–Crippen LogP) is 2.57. The topological polar surface area (TPSA) is 80.2 Å². The van der Waals surface area contributed by atoms with Gasteiger partial charge in [-0.1, -0.05) is 6.07 Å². The van der Waals surface area contributed by atoms with Crippen molar-refractivity contribution in [2.45, 2.75) is 25.9 Å². The zero-order chi connectivity index (χ0) is 21.3. The Morgan fingerprint density at radius 1 is 0.967 bits per heavy atom. The van der Waals surface area contributed by atoms with Gasteiger partial charge in [0.1, 0.15) is 5.82 Å². The first kappa shape index (κ1) is 21.5. The lowest BCUT2D eigenvalue weighted by atomic mass is 10.2. The van der Waals surface area contributed by atoms with Crippen LogP contribution in [0.15, 0.2) is 35.5 Å². The zero-order valence-corrected chi connectivity index (χ0v) is 18.2. The molecule has 0 radical (unpaired) electrons. The first-order chi connectivity index (χ1) is 14.7. The van der Waals surface area contributed by atoms with Crippen LogP contribution in [0.4, 0.5) is 5.82 Å². The van der Waals surface area contributed by atoms with E-state index in [9.17, 15) is 0 Å². The van der Waals surface area contributed by atoms with E-state index in [0.29, 0.717) is 36.3 Å². The van der Waals surface area contributed by atoms with E-state index in [1.807, 2.05) is 18.3 Å². The summed E-state index contributed by atoms with van der Waals surface area (Å²) in [5.74, 6) is 3.59. The molecule has 3 rings (SSSR count). The Labute approximate surface area is 178 Å². The smallest absolute Gasteiger partial charge is 0.203 e. The summed E-state index contributed by atoms with van der Waals surface area (Å²) in [5.41, 5.74) is 2.10. The average Bonchev–Trinajstić information content (AvgIpc) is 3.33. The van der Waals surface area contributed by atoms with Crippen molar-refractivity contribution >= 4 is 11.8 Å². The van der Waals surface area contributed by atoms with Gasteiger partial charge in [0, 0.05) is 39.4 Å². The highest BCUT2D eigenvalue weighted by Gasteiger charge is 2.14. The van der Waals surface area contributed by atoms with Gasteiger partial charge in [-0.25, -0.2) is 4.98 Å². The fourth-order valence-corrected chi connectivity index (χ4v) is 3.48. The van der Waals surface area contributed by atoms with Gasteiger partial charge in [0.15, 0.2) is 17.5 Å². The van der Waals surface area contributed by atoms with Gasteiger partial charge in [-0.05, 0) is 42.2 Å². The van der Waals surface area contributed by atoms with E-state index in [-0.39, 0.29) is 0 Å². The first-order valence-corrected chi connectivity index (χ1v) is 10.1. The molecule has 0 aliphatic carbocycles. The second kappa shape index (κ2) is 10.6. The number of ether oxygens (including phenoxy) is 3. The molecule has 30 heavy (non-hydrogen) atoms. The number of methoxy groups -OCH3 is 3. The molecule has 1 saturated heterocycles. The summed E-state index contributed by atoms with van der Waals surface area (Å²) < 4.78 is 16.2. The Balaban J connectivity index is 1.56. The largest absolute Gasteiger partial charge is 0.493 e. The van der Waals surface area contributed by atoms with Crippen LogP contribution in [0.2, 0.25) is 0 Å². The molecule has 8 nitrogen and oxygen atoms in total. The van der Waals surface area contributed by atoms with Gasteiger partial charge < -0.3 is 29.7 Å². The minimum Gasteiger partial charge on any atom is -0.493 e. The van der Waals surface area contributed by atoms with E-state index in [4.69, 9.17) is 14.2 Å². The number of hydrogen-bond donors (Lipinski definition) is 2. The number of aliphatic imine (C=N–C) groups is 1. The van der Waals surface area contributed by atoms with Crippen molar-refractivity contribution in [3.63, 3.8) is 0 Å². The number of nitrogens with one attached hydrogen (secondary N) is 2. The molecule has 162 valence electrons. The van der Waals surface area contributed by atoms with E-state index in [1.54, 1.807) is 28.4 Å². The third-order valence-electron chi connectivity index (χ3n) is 5.11. The fraction of sp³-hybridized carbons (Fsp3) is 0.455. The van der Waals surface area contributed by atoms with Crippen LogP contribution in [0.5, 0.6) is 17.2 Å². The van der Waals surface area contributed by atoms with Gasteiger partial charge in [-0.15, -0.1) is 0 Å². The van der Waals surface area contributed by atoms with Crippen molar-refractivity contribution in [3.05, 3.63) is 41.6 Å². The van der Waals surface area contributed by atoms with E-state index < -0.39 is 0 Å². The number of nitrogens with zero attached hydrogens (tertiary/aromatic N) is 3. The Morgan fingerprint density at radius 2 is 1.60 bits per heavy atom. The maximum Gasteiger partial charge on any atom is 0.203 e. The highest BCUT2D eigenvalue weighted by molar-refractivity contribution is 5.79. The summed E-state index contributed by atoms with van der Waals surface area (Å²) in [6, 6.07) is 8.04. The lowest BCUT2D eigenvalue weighted by Gasteiger charge is -2.17. The van der Waals surface area contributed by atoms with Gasteiger partial charge >= 0.3 is 0 Å². The molecule has 2 N–H and O–H groups in total. The maximum absolute atomic E-state index is 5.42. The molecule has 2 aromatic rings. The molecule has 0 saturated carbocycles. The standard InChI is InChI=1S/C22H31N5O3/c1-23-22(25-14-16-7-8-20(24-13-16)27-9-5-6-10-27)26-15-17-11-18(28-2)21(30-4)19(12-17)29-3/h7-8,11-13H,5-6,9-10,14-15H2,1-4H3,(H2,23,25,26). The van der Waals surface area contributed by atoms with Crippen LogP contribution in [0, 0.1) is 0 Å². The van der Waals surface area contributed by atoms with Crippen LogP contribution < -0.4 is 29.7 Å². The molecule has 2 heterocycles. The molecule has 1 aromatic heterocycles. The predicted molar refractivity (Wildman–Crippen MR) is 119 cm³/mol. The number of guanidine groups is 1. The number of pyridine rings is 1.